The summed E-state index contributed by atoms with van der Waals surface area (Å²) in [4.78, 5) is 22.3. The summed E-state index contributed by atoms with van der Waals surface area (Å²) in [6, 6.07) is 3.89. The standard InChI is InChI=1S/C18H27ClN2O3/c1-2-3-4-5-6-7-8-9-10-13-20-18(22)16-14-15(21(23)24)11-12-17(16)19/h11-12,14H,2-10,13H2,1H3,(H,20,22). The Kier molecular flexibility index (Phi) is 10.1. The molecule has 6 heteroatoms. The molecule has 0 fully saturated rings. The summed E-state index contributed by atoms with van der Waals surface area (Å²) in [5.41, 5.74) is 0.0226. The first kappa shape index (κ1) is 20.4. The third-order valence-electron chi connectivity index (χ3n) is 3.97. The van der Waals surface area contributed by atoms with E-state index in [2.05, 4.69) is 12.2 Å². The summed E-state index contributed by atoms with van der Waals surface area (Å²) in [6.07, 6.45) is 10.9. The molecule has 134 valence electrons. The fourth-order valence-electron chi connectivity index (χ4n) is 2.53. The molecule has 5 nitrogen and oxygen atoms in total. The zero-order valence-electron chi connectivity index (χ0n) is 14.4. The van der Waals surface area contributed by atoms with Crippen LogP contribution in [0.5, 0.6) is 0 Å². The van der Waals surface area contributed by atoms with Gasteiger partial charge in [-0.3, -0.25) is 14.9 Å². The van der Waals surface area contributed by atoms with E-state index in [1.807, 2.05) is 0 Å². The van der Waals surface area contributed by atoms with Gasteiger partial charge in [0.2, 0.25) is 0 Å². The van der Waals surface area contributed by atoms with Gasteiger partial charge in [0.25, 0.3) is 11.6 Å². The minimum absolute atomic E-state index is 0.132. The predicted octanol–water partition coefficient (Wildman–Crippen LogP) is 5.51. The quantitative estimate of drug-likeness (QED) is 0.305. The van der Waals surface area contributed by atoms with Crippen LogP contribution in [0.25, 0.3) is 0 Å². The van der Waals surface area contributed by atoms with Gasteiger partial charge in [0, 0.05) is 18.7 Å². The molecule has 0 aliphatic heterocycles. The van der Waals surface area contributed by atoms with Crippen molar-refractivity contribution in [3.63, 3.8) is 0 Å². The summed E-state index contributed by atoms with van der Waals surface area (Å²) in [5.74, 6) is -0.358. The van der Waals surface area contributed by atoms with Crippen LogP contribution in [0, 0.1) is 10.1 Å². The predicted molar refractivity (Wildman–Crippen MR) is 97.7 cm³/mol. The first-order valence-corrected chi connectivity index (χ1v) is 9.16. The maximum Gasteiger partial charge on any atom is 0.270 e. The number of non-ortho nitro benzene ring substituents is 1. The Hall–Kier alpha value is -1.62. The van der Waals surface area contributed by atoms with Crippen molar-refractivity contribution < 1.29 is 9.72 Å². The van der Waals surface area contributed by atoms with Gasteiger partial charge in [-0.1, -0.05) is 69.9 Å². The maximum absolute atomic E-state index is 12.1. The molecular formula is C18H27ClN2O3. The van der Waals surface area contributed by atoms with Crippen molar-refractivity contribution in [2.45, 2.75) is 64.7 Å². The third-order valence-corrected chi connectivity index (χ3v) is 4.30. The van der Waals surface area contributed by atoms with Crippen molar-refractivity contribution in [1.29, 1.82) is 0 Å². The van der Waals surface area contributed by atoms with Crippen molar-refractivity contribution in [1.82, 2.24) is 5.32 Å². The third kappa shape index (κ3) is 7.77. The zero-order chi connectivity index (χ0) is 17.8. The molecule has 0 bridgehead atoms. The Morgan fingerprint density at radius 3 is 2.25 bits per heavy atom. The molecule has 0 heterocycles. The monoisotopic (exact) mass is 354 g/mol. The number of hydrogen-bond donors (Lipinski definition) is 1. The number of nitro groups is 1. The van der Waals surface area contributed by atoms with Crippen LogP contribution < -0.4 is 5.32 Å². The topological polar surface area (TPSA) is 72.2 Å². The van der Waals surface area contributed by atoms with Crippen LogP contribution >= 0.6 is 11.6 Å². The van der Waals surface area contributed by atoms with Crippen LogP contribution in [0.4, 0.5) is 5.69 Å². The summed E-state index contributed by atoms with van der Waals surface area (Å²) in [5, 5.41) is 13.8. The van der Waals surface area contributed by atoms with Gasteiger partial charge in [0.15, 0.2) is 0 Å². The van der Waals surface area contributed by atoms with E-state index in [0.29, 0.717) is 6.54 Å². The summed E-state index contributed by atoms with van der Waals surface area (Å²) < 4.78 is 0. The van der Waals surface area contributed by atoms with Crippen LogP contribution in [-0.2, 0) is 0 Å². The van der Waals surface area contributed by atoms with Crippen LogP contribution in [0.1, 0.15) is 75.1 Å². The van der Waals surface area contributed by atoms with Crippen molar-refractivity contribution in [3.05, 3.63) is 38.9 Å². The second kappa shape index (κ2) is 11.8. The Morgan fingerprint density at radius 2 is 1.67 bits per heavy atom. The molecule has 0 atom stereocenters. The van der Waals surface area contributed by atoms with Crippen LogP contribution in [0.15, 0.2) is 18.2 Å². The lowest BCUT2D eigenvalue weighted by Crippen LogP contribution is -2.24. The smallest absolute Gasteiger partial charge is 0.270 e. The maximum atomic E-state index is 12.1. The summed E-state index contributed by atoms with van der Waals surface area (Å²) in [6.45, 7) is 2.78. The molecule has 0 aliphatic carbocycles. The highest BCUT2D eigenvalue weighted by Gasteiger charge is 2.15. The number of unbranched alkanes of at least 4 members (excludes halogenated alkanes) is 8. The van der Waals surface area contributed by atoms with E-state index in [9.17, 15) is 14.9 Å². The zero-order valence-corrected chi connectivity index (χ0v) is 15.1. The molecule has 0 saturated carbocycles. The highest BCUT2D eigenvalue weighted by Crippen LogP contribution is 2.21. The van der Waals surface area contributed by atoms with E-state index in [1.54, 1.807) is 0 Å². The highest BCUT2D eigenvalue weighted by atomic mass is 35.5. The molecule has 0 saturated heterocycles. The molecular weight excluding hydrogens is 328 g/mol. The van der Waals surface area contributed by atoms with Crippen molar-refractivity contribution in [2.24, 2.45) is 0 Å². The van der Waals surface area contributed by atoms with Gasteiger partial charge < -0.3 is 5.32 Å². The summed E-state index contributed by atoms with van der Waals surface area (Å²) >= 11 is 5.95. The lowest BCUT2D eigenvalue weighted by atomic mass is 10.1. The number of amides is 1. The normalized spacial score (nSPS) is 10.6. The lowest BCUT2D eigenvalue weighted by Gasteiger charge is -2.07. The number of hydrogen-bond acceptors (Lipinski definition) is 3. The molecule has 0 aromatic heterocycles. The van der Waals surface area contributed by atoms with Crippen LogP contribution in [0.3, 0.4) is 0 Å². The van der Waals surface area contributed by atoms with E-state index < -0.39 is 4.92 Å². The minimum Gasteiger partial charge on any atom is -0.352 e. The van der Waals surface area contributed by atoms with Crippen molar-refractivity contribution in [3.8, 4) is 0 Å². The van der Waals surface area contributed by atoms with Gasteiger partial charge in [-0.15, -0.1) is 0 Å². The molecule has 1 amide bonds. The van der Waals surface area contributed by atoms with Gasteiger partial charge in [-0.05, 0) is 12.5 Å². The van der Waals surface area contributed by atoms with Gasteiger partial charge in [0.1, 0.15) is 0 Å². The lowest BCUT2D eigenvalue weighted by molar-refractivity contribution is -0.384. The number of nitro benzene ring substituents is 1. The highest BCUT2D eigenvalue weighted by molar-refractivity contribution is 6.33. The second-order valence-electron chi connectivity index (χ2n) is 6.01. The van der Waals surface area contributed by atoms with E-state index in [4.69, 9.17) is 11.6 Å². The Labute approximate surface area is 148 Å². The number of benzene rings is 1. The summed E-state index contributed by atoms with van der Waals surface area (Å²) in [7, 11) is 0. The molecule has 0 aliphatic rings. The molecule has 1 aromatic rings. The number of carbonyl (C=O) groups is 1. The minimum atomic E-state index is -0.534. The molecule has 1 rings (SSSR count). The fourth-order valence-corrected chi connectivity index (χ4v) is 2.74. The Morgan fingerprint density at radius 1 is 1.08 bits per heavy atom. The molecule has 1 aromatic carbocycles. The Bertz CT molecular complexity index is 535. The molecule has 0 spiro atoms. The van der Waals surface area contributed by atoms with Crippen LogP contribution in [-0.4, -0.2) is 17.4 Å². The average Bonchev–Trinajstić information content (AvgIpc) is 2.56. The van der Waals surface area contributed by atoms with Crippen LogP contribution in [0.2, 0.25) is 5.02 Å². The number of nitrogens with one attached hydrogen (secondary N) is 1. The fraction of sp³-hybridized carbons (Fsp3) is 0.611. The number of nitrogens with zero attached hydrogens (tertiary/aromatic N) is 1. The van der Waals surface area contributed by atoms with Gasteiger partial charge in [-0.25, -0.2) is 0 Å². The number of carbonyl (C=O) groups excluding carboxylic acids is 1. The molecule has 0 unspecified atom stereocenters. The number of rotatable bonds is 12. The Balaban J connectivity index is 2.20. The molecule has 0 radical (unpaired) electrons. The van der Waals surface area contributed by atoms with Crippen molar-refractivity contribution >= 4 is 23.2 Å². The van der Waals surface area contributed by atoms with E-state index >= 15 is 0 Å². The molecule has 24 heavy (non-hydrogen) atoms. The SMILES string of the molecule is CCCCCCCCCCCNC(=O)c1cc([N+](=O)[O-])ccc1Cl. The molecule has 1 N–H and O–H groups in total. The van der Waals surface area contributed by atoms with E-state index in [-0.39, 0.29) is 22.2 Å². The second-order valence-corrected chi connectivity index (χ2v) is 6.41. The van der Waals surface area contributed by atoms with E-state index in [0.717, 1.165) is 12.8 Å². The van der Waals surface area contributed by atoms with Gasteiger partial charge in [0.05, 0.1) is 15.5 Å². The van der Waals surface area contributed by atoms with Gasteiger partial charge >= 0.3 is 0 Å². The first-order valence-electron chi connectivity index (χ1n) is 8.78. The average molecular weight is 355 g/mol. The largest absolute Gasteiger partial charge is 0.352 e. The number of halogens is 1. The van der Waals surface area contributed by atoms with Gasteiger partial charge in [-0.2, -0.15) is 0 Å². The van der Waals surface area contributed by atoms with Crippen molar-refractivity contribution in [2.75, 3.05) is 6.54 Å². The van der Waals surface area contributed by atoms with E-state index in [1.165, 1.54) is 63.1 Å². The first-order chi connectivity index (χ1) is 11.6.